The van der Waals surface area contributed by atoms with Gasteiger partial charge in [-0.3, -0.25) is 9.78 Å². The Kier molecular flexibility index (Phi) is 4.78. The molecule has 1 aromatic carbocycles. The van der Waals surface area contributed by atoms with Crippen molar-refractivity contribution in [1.29, 1.82) is 0 Å². The number of hydrogen-bond donors (Lipinski definition) is 1. The van der Waals surface area contributed by atoms with Crippen LogP contribution in [0.1, 0.15) is 42.6 Å². The molecule has 5 nitrogen and oxygen atoms in total. The van der Waals surface area contributed by atoms with E-state index in [4.69, 9.17) is 0 Å². The summed E-state index contributed by atoms with van der Waals surface area (Å²) in [6, 6.07) is 15.9. The van der Waals surface area contributed by atoms with Gasteiger partial charge in [0.05, 0.1) is 11.4 Å². The standard InChI is InChI=1S/C21H22N4O/c26-21(23-17-7-3-1-4-8-17)19-15-20(16-11-13-22-14-12-16)25(24-19)18-9-5-2-6-10-18/h2,5-6,9-15,17H,1,3-4,7-8H2,(H,23,26). The molecular weight excluding hydrogens is 324 g/mol. The zero-order chi connectivity index (χ0) is 17.8. The second-order valence-electron chi connectivity index (χ2n) is 6.71. The van der Waals surface area contributed by atoms with Crippen molar-refractivity contribution in [1.82, 2.24) is 20.1 Å². The Morgan fingerprint density at radius 2 is 1.73 bits per heavy atom. The third kappa shape index (κ3) is 3.52. The number of para-hydroxylation sites is 1. The summed E-state index contributed by atoms with van der Waals surface area (Å²) in [5, 5.41) is 7.76. The molecule has 2 aromatic heterocycles. The molecule has 0 spiro atoms. The van der Waals surface area contributed by atoms with Crippen LogP contribution in [0.3, 0.4) is 0 Å². The highest BCUT2D eigenvalue weighted by atomic mass is 16.2. The van der Waals surface area contributed by atoms with Crippen LogP contribution in [-0.2, 0) is 0 Å². The molecule has 0 saturated heterocycles. The number of aromatic nitrogens is 3. The molecule has 2 heterocycles. The Labute approximate surface area is 153 Å². The lowest BCUT2D eigenvalue weighted by Crippen LogP contribution is -2.36. The third-order valence-corrected chi connectivity index (χ3v) is 4.86. The van der Waals surface area contributed by atoms with Crippen LogP contribution in [0.2, 0.25) is 0 Å². The highest BCUT2D eigenvalue weighted by Crippen LogP contribution is 2.24. The normalized spacial score (nSPS) is 14.9. The predicted octanol–water partition coefficient (Wildman–Crippen LogP) is 4.00. The average molecular weight is 346 g/mol. The molecule has 3 aromatic rings. The number of rotatable bonds is 4. The summed E-state index contributed by atoms with van der Waals surface area (Å²) in [6.07, 6.45) is 9.25. The second kappa shape index (κ2) is 7.52. The molecule has 0 atom stereocenters. The Balaban J connectivity index is 1.68. The first-order chi connectivity index (χ1) is 12.8. The van der Waals surface area contributed by atoms with E-state index in [9.17, 15) is 4.79 Å². The highest BCUT2D eigenvalue weighted by molar-refractivity contribution is 5.93. The number of carbonyl (C=O) groups is 1. The number of carbonyl (C=O) groups excluding carboxylic acids is 1. The number of benzene rings is 1. The maximum Gasteiger partial charge on any atom is 0.272 e. The molecule has 0 aliphatic heterocycles. The van der Waals surface area contributed by atoms with Gasteiger partial charge in [-0.1, -0.05) is 37.5 Å². The molecule has 1 fully saturated rings. The minimum atomic E-state index is -0.0955. The van der Waals surface area contributed by atoms with Crippen molar-refractivity contribution in [3.05, 3.63) is 66.6 Å². The van der Waals surface area contributed by atoms with Crippen molar-refractivity contribution in [2.24, 2.45) is 0 Å². The highest BCUT2D eigenvalue weighted by Gasteiger charge is 2.20. The Bertz CT molecular complexity index is 811. The van der Waals surface area contributed by atoms with Crippen molar-refractivity contribution in [3.63, 3.8) is 0 Å². The van der Waals surface area contributed by atoms with E-state index in [0.717, 1.165) is 29.8 Å². The topological polar surface area (TPSA) is 59.8 Å². The molecule has 1 aliphatic rings. The SMILES string of the molecule is O=C(NC1CCCCC1)c1cc(-c2ccncc2)n(-c2ccccc2)n1. The number of pyridine rings is 1. The van der Waals surface area contributed by atoms with E-state index < -0.39 is 0 Å². The van der Waals surface area contributed by atoms with E-state index in [1.807, 2.05) is 53.2 Å². The minimum Gasteiger partial charge on any atom is -0.348 e. The summed E-state index contributed by atoms with van der Waals surface area (Å²) in [5.74, 6) is -0.0955. The van der Waals surface area contributed by atoms with Crippen molar-refractivity contribution in [2.75, 3.05) is 0 Å². The summed E-state index contributed by atoms with van der Waals surface area (Å²) in [6.45, 7) is 0. The van der Waals surface area contributed by atoms with Crippen molar-refractivity contribution in [2.45, 2.75) is 38.1 Å². The van der Waals surface area contributed by atoms with Crippen LogP contribution in [0, 0.1) is 0 Å². The zero-order valence-corrected chi connectivity index (χ0v) is 14.6. The van der Waals surface area contributed by atoms with Crippen LogP contribution >= 0.6 is 0 Å². The van der Waals surface area contributed by atoms with Gasteiger partial charge in [0.1, 0.15) is 0 Å². The van der Waals surface area contributed by atoms with Crippen LogP contribution in [0.4, 0.5) is 0 Å². The fourth-order valence-electron chi connectivity index (χ4n) is 3.49. The lowest BCUT2D eigenvalue weighted by molar-refractivity contribution is 0.0922. The molecular formula is C21H22N4O. The summed E-state index contributed by atoms with van der Waals surface area (Å²) in [5.41, 5.74) is 3.24. The molecule has 132 valence electrons. The van der Waals surface area contributed by atoms with Gasteiger partial charge >= 0.3 is 0 Å². The Hall–Kier alpha value is -2.95. The van der Waals surface area contributed by atoms with Gasteiger partial charge in [-0.05, 0) is 43.2 Å². The molecule has 1 N–H and O–H groups in total. The number of amides is 1. The van der Waals surface area contributed by atoms with E-state index in [2.05, 4.69) is 15.4 Å². The number of nitrogens with zero attached hydrogens (tertiary/aromatic N) is 3. The van der Waals surface area contributed by atoms with Crippen LogP contribution in [-0.4, -0.2) is 26.7 Å². The molecule has 1 aliphatic carbocycles. The number of nitrogens with one attached hydrogen (secondary N) is 1. The van der Waals surface area contributed by atoms with E-state index >= 15 is 0 Å². The fourth-order valence-corrected chi connectivity index (χ4v) is 3.49. The summed E-state index contributed by atoms with van der Waals surface area (Å²) >= 11 is 0. The first-order valence-electron chi connectivity index (χ1n) is 9.18. The molecule has 26 heavy (non-hydrogen) atoms. The van der Waals surface area contributed by atoms with Gasteiger partial charge in [0.15, 0.2) is 5.69 Å². The van der Waals surface area contributed by atoms with E-state index in [1.54, 1.807) is 12.4 Å². The van der Waals surface area contributed by atoms with Crippen LogP contribution < -0.4 is 5.32 Å². The smallest absolute Gasteiger partial charge is 0.272 e. The minimum absolute atomic E-state index is 0.0955. The van der Waals surface area contributed by atoms with Crippen LogP contribution in [0.5, 0.6) is 0 Å². The van der Waals surface area contributed by atoms with E-state index in [1.165, 1.54) is 19.3 Å². The lowest BCUT2D eigenvalue weighted by Gasteiger charge is -2.22. The maximum absolute atomic E-state index is 12.7. The zero-order valence-electron chi connectivity index (χ0n) is 14.6. The fraction of sp³-hybridized carbons (Fsp3) is 0.286. The van der Waals surface area contributed by atoms with Gasteiger partial charge in [0, 0.05) is 24.0 Å². The molecule has 4 rings (SSSR count). The first kappa shape index (κ1) is 16.5. The van der Waals surface area contributed by atoms with Gasteiger partial charge in [0.2, 0.25) is 0 Å². The Morgan fingerprint density at radius 3 is 2.46 bits per heavy atom. The number of hydrogen-bond acceptors (Lipinski definition) is 3. The van der Waals surface area contributed by atoms with E-state index in [-0.39, 0.29) is 11.9 Å². The van der Waals surface area contributed by atoms with Gasteiger partial charge in [0.25, 0.3) is 5.91 Å². The molecule has 0 bridgehead atoms. The second-order valence-corrected chi connectivity index (χ2v) is 6.71. The van der Waals surface area contributed by atoms with Crippen LogP contribution in [0.25, 0.3) is 16.9 Å². The van der Waals surface area contributed by atoms with Crippen LogP contribution in [0.15, 0.2) is 60.9 Å². The predicted molar refractivity (Wildman–Crippen MR) is 101 cm³/mol. The summed E-state index contributed by atoms with van der Waals surface area (Å²) in [4.78, 5) is 16.8. The summed E-state index contributed by atoms with van der Waals surface area (Å²) in [7, 11) is 0. The quantitative estimate of drug-likeness (QED) is 0.777. The van der Waals surface area contributed by atoms with Crippen molar-refractivity contribution in [3.8, 4) is 16.9 Å². The average Bonchev–Trinajstić information content (AvgIpc) is 3.16. The maximum atomic E-state index is 12.7. The van der Waals surface area contributed by atoms with Gasteiger partial charge in [-0.25, -0.2) is 4.68 Å². The van der Waals surface area contributed by atoms with Gasteiger partial charge < -0.3 is 5.32 Å². The molecule has 0 unspecified atom stereocenters. The van der Waals surface area contributed by atoms with Gasteiger partial charge in [-0.15, -0.1) is 0 Å². The van der Waals surface area contributed by atoms with Gasteiger partial charge in [-0.2, -0.15) is 5.10 Å². The lowest BCUT2D eigenvalue weighted by atomic mass is 9.95. The van der Waals surface area contributed by atoms with Crippen molar-refractivity contribution < 1.29 is 4.79 Å². The molecule has 0 radical (unpaired) electrons. The van der Waals surface area contributed by atoms with E-state index in [0.29, 0.717) is 5.69 Å². The first-order valence-corrected chi connectivity index (χ1v) is 9.18. The summed E-state index contributed by atoms with van der Waals surface area (Å²) < 4.78 is 1.82. The van der Waals surface area contributed by atoms with Crippen molar-refractivity contribution >= 4 is 5.91 Å². The third-order valence-electron chi connectivity index (χ3n) is 4.86. The monoisotopic (exact) mass is 346 g/mol. The molecule has 1 saturated carbocycles. The molecule has 1 amide bonds. The molecule has 5 heteroatoms. The largest absolute Gasteiger partial charge is 0.348 e. The Morgan fingerprint density at radius 1 is 1.00 bits per heavy atom.